The Bertz CT molecular complexity index is 2390. The Morgan fingerprint density at radius 3 is 2.12 bits per heavy atom. The molecule has 0 aliphatic carbocycles. The number of aryl methyl sites for hydroxylation is 2. The van der Waals surface area contributed by atoms with Gasteiger partial charge in [-0.2, -0.15) is 5.10 Å². The second-order valence-corrected chi connectivity index (χ2v) is 15.9. The zero-order chi connectivity index (χ0) is 36.9. The lowest BCUT2D eigenvalue weighted by atomic mass is 9.84. The lowest BCUT2D eigenvalue weighted by Gasteiger charge is -2.22. The van der Waals surface area contributed by atoms with Crippen molar-refractivity contribution in [1.29, 1.82) is 0 Å². The van der Waals surface area contributed by atoms with E-state index < -0.39 is 0 Å². The van der Waals surface area contributed by atoms with Crippen molar-refractivity contribution in [3.05, 3.63) is 131 Å². The van der Waals surface area contributed by atoms with E-state index in [1.54, 1.807) is 0 Å². The molecule has 0 saturated heterocycles. The normalized spacial score (nSPS) is 12.2. The number of nitrogens with zero attached hydrogens (tertiary/aromatic N) is 4. The summed E-state index contributed by atoms with van der Waals surface area (Å²) in [5.74, 6) is 3.28. The van der Waals surface area contributed by atoms with Crippen LogP contribution in [0.2, 0.25) is 0 Å². The van der Waals surface area contributed by atoms with Gasteiger partial charge in [0.2, 0.25) is 0 Å². The monoisotopic (exact) mass is 688 g/mol. The zero-order valence-corrected chi connectivity index (χ0v) is 32.5. The van der Waals surface area contributed by atoms with Gasteiger partial charge >= 0.3 is 0 Å². The molecular weight excluding hydrogens is 637 g/mol. The first-order valence-electron chi connectivity index (χ1n) is 18.9. The molecule has 7 rings (SSSR count). The first kappa shape index (κ1) is 35.3. The van der Waals surface area contributed by atoms with Gasteiger partial charge in [0.25, 0.3) is 0 Å². The maximum atomic E-state index is 6.82. The number of para-hydroxylation sites is 1. The quantitative estimate of drug-likeness (QED) is 0.152. The fourth-order valence-corrected chi connectivity index (χ4v) is 7.72. The van der Waals surface area contributed by atoms with Crippen molar-refractivity contribution < 1.29 is 4.74 Å². The molecule has 0 fully saturated rings. The van der Waals surface area contributed by atoms with Crippen LogP contribution in [0.25, 0.3) is 44.4 Å². The molecule has 0 aliphatic rings. The van der Waals surface area contributed by atoms with Gasteiger partial charge in [-0.1, -0.05) is 98.2 Å². The first-order chi connectivity index (χ1) is 24.8. The molecule has 0 N–H and O–H groups in total. The zero-order valence-electron chi connectivity index (χ0n) is 32.5. The summed E-state index contributed by atoms with van der Waals surface area (Å²) in [6, 6.07) is 32.7. The summed E-state index contributed by atoms with van der Waals surface area (Å²) in [6.45, 7) is 22.4. The lowest BCUT2D eigenvalue weighted by molar-refractivity contribution is 0.478. The van der Waals surface area contributed by atoms with Gasteiger partial charge in [-0.3, -0.25) is 4.57 Å². The van der Waals surface area contributed by atoms with Gasteiger partial charge in [0.05, 0.1) is 22.4 Å². The van der Waals surface area contributed by atoms with E-state index in [9.17, 15) is 0 Å². The predicted molar refractivity (Wildman–Crippen MR) is 218 cm³/mol. The summed E-state index contributed by atoms with van der Waals surface area (Å²) in [6.07, 6.45) is 4.04. The molecule has 0 radical (unpaired) electrons. The number of rotatable bonds is 9. The van der Waals surface area contributed by atoms with Crippen molar-refractivity contribution >= 4 is 21.8 Å². The molecule has 266 valence electrons. The molecule has 0 unspecified atom stereocenters. The molecule has 0 aliphatic heterocycles. The van der Waals surface area contributed by atoms with Crippen molar-refractivity contribution in [3.63, 3.8) is 0 Å². The largest absolute Gasteiger partial charge is 0.457 e. The number of hydrogen-bond acceptors (Lipinski definition) is 3. The standard InChI is InChI=1S/C47H52N4O/c1-11-15-33-22-23-48-44(24-33)50-42-19-13-12-16-40(42)41-21-20-36(28-43(41)50)52-37-26-34(47(8,9)10)25-35(27-37)51-32(7)45(31(6)49-51)46-38(29(2)3)17-14-18-39(46)30(4)5/h12-14,16-30H,11,15H2,1-10H3. The van der Waals surface area contributed by atoms with Crippen LogP contribution in [-0.2, 0) is 11.8 Å². The molecule has 4 aromatic carbocycles. The number of benzene rings is 4. The van der Waals surface area contributed by atoms with E-state index in [1.165, 1.54) is 44.2 Å². The Morgan fingerprint density at radius 2 is 1.42 bits per heavy atom. The van der Waals surface area contributed by atoms with Crippen LogP contribution in [0.3, 0.4) is 0 Å². The molecule has 0 atom stereocenters. The van der Waals surface area contributed by atoms with E-state index in [0.29, 0.717) is 11.8 Å². The minimum atomic E-state index is -0.104. The van der Waals surface area contributed by atoms with Crippen LogP contribution in [0.15, 0.2) is 97.2 Å². The average molecular weight is 689 g/mol. The highest BCUT2D eigenvalue weighted by molar-refractivity contribution is 6.09. The van der Waals surface area contributed by atoms with Gasteiger partial charge < -0.3 is 4.74 Å². The third kappa shape index (κ3) is 6.42. The molecule has 3 aromatic heterocycles. The van der Waals surface area contributed by atoms with E-state index in [4.69, 9.17) is 14.8 Å². The van der Waals surface area contributed by atoms with Crippen LogP contribution in [0.1, 0.15) is 107 Å². The SMILES string of the molecule is CCCc1ccnc(-n2c3ccccc3c3ccc(Oc4cc(-n5nc(C)c(-c6c(C(C)C)cccc6C(C)C)c5C)cc(C(C)(C)C)c4)cc32)c1. The molecule has 0 bridgehead atoms. The number of pyridine rings is 1. The predicted octanol–water partition coefficient (Wildman–Crippen LogP) is 12.9. The first-order valence-corrected chi connectivity index (χ1v) is 18.9. The summed E-state index contributed by atoms with van der Waals surface area (Å²) in [5, 5.41) is 7.58. The van der Waals surface area contributed by atoms with Crippen molar-refractivity contribution in [3.8, 4) is 34.1 Å². The van der Waals surface area contributed by atoms with Gasteiger partial charge in [-0.15, -0.1) is 0 Å². The average Bonchev–Trinajstić information content (AvgIpc) is 3.59. The number of aromatic nitrogens is 4. The summed E-state index contributed by atoms with van der Waals surface area (Å²) >= 11 is 0. The molecule has 7 aromatic rings. The summed E-state index contributed by atoms with van der Waals surface area (Å²) in [4.78, 5) is 4.84. The molecule has 5 nitrogen and oxygen atoms in total. The van der Waals surface area contributed by atoms with Crippen LogP contribution in [0.4, 0.5) is 0 Å². The second kappa shape index (κ2) is 13.8. The summed E-state index contributed by atoms with van der Waals surface area (Å²) < 4.78 is 11.2. The maximum Gasteiger partial charge on any atom is 0.137 e. The van der Waals surface area contributed by atoms with Crippen LogP contribution in [0.5, 0.6) is 11.5 Å². The van der Waals surface area contributed by atoms with E-state index in [2.05, 4.69) is 169 Å². The molecule has 3 heterocycles. The Labute approximate surface area is 309 Å². The fraction of sp³-hybridized carbons (Fsp3) is 0.319. The minimum Gasteiger partial charge on any atom is -0.457 e. The van der Waals surface area contributed by atoms with Gasteiger partial charge in [-0.05, 0) is 108 Å². The second-order valence-electron chi connectivity index (χ2n) is 15.9. The number of ether oxygens (including phenoxy) is 1. The van der Waals surface area contributed by atoms with Crippen LogP contribution < -0.4 is 4.74 Å². The van der Waals surface area contributed by atoms with Crippen LogP contribution in [-0.4, -0.2) is 19.3 Å². The molecule has 5 heteroatoms. The van der Waals surface area contributed by atoms with Crippen molar-refractivity contribution in [2.75, 3.05) is 0 Å². The van der Waals surface area contributed by atoms with E-state index in [1.807, 2.05) is 6.20 Å². The Hall–Kier alpha value is -5.16. The van der Waals surface area contributed by atoms with Crippen molar-refractivity contribution in [2.45, 2.75) is 99.3 Å². The van der Waals surface area contributed by atoms with E-state index >= 15 is 0 Å². The van der Waals surface area contributed by atoms with Crippen LogP contribution in [0, 0.1) is 13.8 Å². The molecule has 0 saturated carbocycles. The molecule has 0 amide bonds. The van der Waals surface area contributed by atoms with Gasteiger partial charge in [0.15, 0.2) is 0 Å². The Kier molecular flexibility index (Phi) is 9.33. The lowest BCUT2D eigenvalue weighted by Crippen LogP contribution is -2.12. The summed E-state index contributed by atoms with van der Waals surface area (Å²) in [5.41, 5.74) is 13.0. The number of fused-ring (bicyclic) bond motifs is 3. The van der Waals surface area contributed by atoms with E-state index in [-0.39, 0.29) is 5.41 Å². The highest BCUT2D eigenvalue weighted by Crippen LogP contribution is 2.41. The Morgan fingerprint density at radius 1 is 0.712 bits per heavy atom. The maximum absolute atomic E-state index is 6.82. The minimum absolute atomic E-state index is 0.104. The Balaban J connectivity index is 1.36. The van der Waals surface area contributed by atoms with Crippen molar-refractivity contribution in [1.82, 2.24) is 19.3 Å². The summed E-state index contributed by atoms with van der Waals surface area (Å²) in [7, 11) is 0. The molecule has 52 heavy (non-hydrogen) atoms. The van der Waals surface area contributed by atoms with Gasteiger partial charge in [0.1, 0.15) is 17.3 Å². The number of hydrogen-bond donors (Lipinski definition) is 0. The highest BCUT2D eigenvalue weighted by atomic mass is 16.5. The smallest absolute Gasteiger partial charge is 0.137 e. The van der Waals surface area contributed by atoms with Gasteiger partial charge in [-0.25, -0.2) is 9.67 Å². The third-order valence-corrected chi connectivity index (χ3v) is 10.4. The third-order valence-electron chi connectivity index (χ3n) is 10.4. The molecular formula is C47H52N4O. The van der Waals surface area contributed by atoms with Gasteiger partial charge in [0, 0.05) is 40.4 Å². The highest BCUT2D eigenvalue weighted by Gasteiger charge is 2.24. The van der Waals surface area contributed by atoms with Crippen molar-refractivity contribution in [2.24, 2.45) is 0 Å². The molecule has 0 spiro atoms. The van der Waals surface area contributed by atoms with E-state index in [0.717, 1.165) is 58.3 Å². The van der Waals surface area contributed by atoms with Crippen LogP contribution >= 0.6 is 0 Å². The topological polar surface area (TPSA) is 44.9 Å². The fourth-order valence-electron chi connectivity index (χ4n) is 7.72.